The van der Waals surface area contributed by atoms with Crippen LogP contribution in [0, 0.1) is 0 Å². The number of methoxy groups -OCH3 is 1. The monoisotopic (exact) mass is 229 g/mol. The molecule has 0 fully saturated rings. The lowest BCUT2D eigenvalue weighted by molar-refractivity contribution is 0.419. The number of hydrogen-bond donors (Lipinski definition) is 1. The van der Waals surface area contributed by atoms with Crippen molar-refractivity contribution in [3.05, 3.63) is 34.6 Å². The highest BCUT2D eigenvalue weighted by Gasteiger charge is 2.11. The number of H-pyrrole nitrogens is 1. The molecule has 86 valence electrons. The highest BCUT2D eigenvalue weighted by atomic mass is 16.5. The molecule has 0 spiro atoms. The minimum absolute atomic E-state index is 0.0346. The van der Waals surface area contributed by atoms with Gasteiger partial charge in [0.25, 0.3) is 0 Å². The molecular weight excluding hydrogens is 218 g/mol. The smallest absolute Gasteiger partial charge is 0.215 e. The average molecular weight is 229 g/mol. The molecule has 5 heteroatoms. The van der Waals surface area contributed by atoms with Crippen molar-refractivity contribution in [1.29, 1.82) is 0 Å². The number of para-hydroxylation sites is 1. The summed E-state index contributed by atoms with van der Waals surface area (Å²) in [5.74, 6) is 0.658. The Morgan fingerprint density at radius 2 is 2.24 bits per heavy atom. The third-order valence-corrected chi connectivity index (χ3v) is 2.90. The van der Waals surface area contributed by atoms with Crippen molar-refractivity contribution in [1.82, 2.24) is 14.8 Å². The molecule has 1 aromatic carbocycles. The number of fused-ring (bicyclic) bond motifs is 2. The number of nitrogens with one attached hydrogen (secondary N) is 1. The first-order valence-corrected chi connectivity index (χ1v) is 5.23. The van der Waals surface area contributed by atoms with Crippen molar-refractivity contribution in [3.63, 3.8) is 0 Å². The van der Waals surface area contributed by atoms with E-state index in [4.69, 9.17) is 4.74 Å². The van der Waals surface area contributed by atoms with Gasteiger partial charge >= 0.3 is 0 Å². The van der Waals surface area contributed by atoms with Gasteiger partial charge in [0.05, 0.1) is 29.7 Å². The predicted octanol–water partition coefficient (Wildman–Crippen LogP) is 1.42. The second kappa shape index (κ2) is 3.35. The fourth-order valence-electron chi connectivity index (χ4n) is 2.08. The Balaban J connectivity index is 2.61. The van der Waals surface area contributed by atoms with E-state index in [1.807, 2.05) is 6.07 Å². The minimum Gasteiger partial charge on any atom is -0.495 e. The van der Waals surface area contributed by atoms with E-state index in [9.17, 15) is 4.79 Å². The molecule has 0 atom stereocenters. The standard InChI is InChI=1S/C12H11N3O2/c1-15-11-8(6-13-15)14-10-7(12(11)16)4-3-5-9(10)17-2/h3-6H,1-2H3,(H,14,16). The number of aromatic nitrogens is 3. The van der Waals surface area contributed by atoms with Crippen LogP contribution in [-0.4, -0.2) is 21.9 Å². The summed E-state index contributed by atoms with van der Waals surface area (Å²) in [7, 11) is 3.34. The van der Waals surface area contributed by atoms with E-state index in [0.29, 0.717) is 22.2 Å². The van der Waals surface area contributed by atoms with Crippen LogP contribution < -0.4 is 10.2 Å². The molecule has 17 heavy (non-hydrogen) atoms. The lowest BCUT2D eigenvalue weighted by Gasteiger charge is -2.05. The van der Waals surface area contributed by atoms with Crippen molar-refractivity contribution in [2.75, 3.05) is 7.11 Å². The highest BCUT2D eigenvalue weighted by molar-refractivity contribution is 5.93. The van der Waals surface area contributed by atoms with Crippen LogP contribution in [-0.2, 0) is 7.05 Å². The van der Waals surface area contributed by atoms with Crippen LogP contribution >= 0.6 is 0 Å². The van der Waals surface area contributed by atoms with Crippen LogP contribution in [0.2, 0.25) is 0 Å². The summed E-state index contributed by atoms with van der Waals surface area (Å²) in [6, 6.07) is 5.40. The third kappa shape index (κ3) is 1.25. The molecule has 2 aromatic heterocycles. The van der Waals surface area contributed by atoms with Crippen molar-refractivity contribution in [2.45, 2.75) is 0 Å². The van der Waals surface area contributed by atoms with Crippen molar-refractivity contribution >= 4 is 21.9 Å². The Morgan fingerprint density at radius 1 is 1.41 bits per heavy atom. The molecule has 0 saturated heterocycles. The van der Waals surface area contributed by atoms with Crippen LogP contribution in [0.1, 0.15) is 0 Å². The van der Waals surface area contributed by atoms with Gasteiger partial charge in [-0.3, -0.25) is 9.48 Å². The lowest BCUT2D eigenvalue weighted by atomic mass is 10.2. The van der Waals surface area contributed by atoms with E-state index < -0.39 is 0 Å². The molecule has 0 amide bonds. The van der Waals surface area contributed by atoms with Gasteiger partial charge < -0.3 is 9.72 Å². The van der Waals surface area contributed by atoms with Crippen molar-refractivity contribution < 1.29 is 4.74 Å². The summed E-state index contributed by atoms with van der Waals surface area (Å²) in [6.45, 7) is 0. The zero-order valence-electron chi connectivity index (χ0n) is 9.52. The van der Waals surface area contributed by atoms with Crippen LogP contribution in [0.4, 0.5) is 0 Å². The fraction of sp³-hybridized carbons (Fsp3) is 0.167. The number of aryl methyl sites for hydroxylation is 1. The van der Waals surface area contributed by atoms with Gasteiger partial charge in [-0.15, -0.1) is 0 Å². The fourth-order valence-corrected chi connectivity index (χ4v) is 2.08. The largest absolute Gasteiger partial charge is 0.495 e. The second-order valence-electron chi connectivity index (χ2n) is 3.87. The first kappa shape index (κ1) is 9.89. The summed E-state index contributed by atoms with van der Waals surface area (Å²) >= 11 is 0. The Labute approximate surface area is 96.6 Å². The maximum Gasteiger partial charge on any atom is 0.215 e. The van der Waals surface area contributed by atoms with Gasteiger partial charge in [-0.2, -0.15) is 5.10 Å². The zero-order valence-corrected chi connectivity index (χ0v) is 9.52. The van der Waals surface area contributed by atoms with Gasteiger partial charge in [0.15, 0.2) is 0 Å². The summed E-state index contributed by atoms with van der Waals surface area (Å²) in [6.07, 6.45) is 1.64. The Bertz CT molecular complexity index is 770. The predicted molar refractivity (Wildman–Crippen MR) is 65.4 cm³/mol. The lowest BCUT2D eigenvalue weighted by Crippen LogP contribution is -2.08. The normalized spacial score (nSPS) is 11.2. The van der Waals surface area contributed by atoms with E-state index >= 15 is 0 Å². The van der Waals surface area contributed by atoms with Crippen LogP contribution in [0.15, 0.2) is 29.2 Å². The molecule has 0 saturated carbocycles. The highest BCUT2D eigenvalue weighted by Crippen LogP contribution is 2.23. The van der Waals surface area contributed by atoms with E-state index in [1.54, 1.807) is 37.2 Å². The molecule has 0 radical (unpaired) electrons. The van der Waals surface area contributed by atoms with E-state index in [-0.39, 0.29) is 5.43 Å². The number of nitrogens with zero attached hydrogens (tertiary/aromatic N) is 2. The molecule has 0 bridgehead atoms. The molecule has 1 N–H and O–H groups in total. The van der Waals surface area contributed by atoms with Gasteiger partial charge in [0.1, 0.15) is 11.3 Å². The van der Waals surface area contributed by atoms with E-state index in [2.05, 4.69) is 10.1 Å². The Hall–Kier alpha value is -2.30. The summed E-state index contributed by atoms with van der Waals surface area (Å²) in [5.41, 5.74) is 1.97. The quantitative estimate of drug-likeness (QED) is 0.686. The molecule has 0 aliphatic carbocycles. The second-order valence-corrected chi connectivity index (χ2v) is 3.87. The van der Waals surface area contributed by atoms with Gasteiger partial charge in [-0.1, -0.05) is 6.07 Å². The average Bonchev–Trinajstić information content (AvgIpc) is 2.71. The number of aromatic amines is 1. The number of ether oxygens (including phenoxy) is 1. The molecule has 0 unspecified atom stereocenters. The van der Waals surface area contributed by atoms with Crippen LogP contribution in [0.5, 0.6) is 5.75 Å². The molecule has 5 nitrogen and oxygen atoms in total. The number of rotatable bonds is 1. The summed E-state index contributed by atoms with van der Waals surface area (Å²) in [4.78, 5) is 15.5. The Kier molecular flexibility index (Phi) is 1.95. The molecular formula is C12H11N3O2. The third-order valence-electron chi connectivity index (χ3n) is 2.90. The summed E-state index contributed by atoms with van der Waals surface area (Å²) < 4.78 is 6.82. The number of pyridine rings is 1. The van der Waals surface area contributed by atoms with Gasteiger partial charge in [0, 0.05) is 7.05 Å². The van der Waals surface area contributed by atoms with Crippen molar-refractivity contribution in [2.24, 2.45) is 7.05 Å². The van der Waals surface area contributed by atoms with Crippen LogP contribution in [0.25, 0.3) is 21.9 Å². The van der Waals surface area contributed by atoms with Crippen molar-refractivity contribution in [3.8, 4) is 5.75 Å². The first-order chi connectivity index (χ1) is 8.22. The SMILES string of the molecule is COc1cccc2c(=O)c3c(cnn3C)[nH]c12. The molecule has 0 aliphatic rings. The number of hydrogen-bond acceptors (Lipinski definition) is 3. The summed E-state index contributed by atoms with van der Waals surface area (Å²) in [5, 5.41) is 4.69. The zero-order chi connectivity index (χ0) is 12.0. The van der Waals surface area contributed by atoms with Gasteiger partial charge in [0.2, 0.25) is 5.43 Å². The molecule has 0 aliphatic heterocycles. The van der Waals surface area contributed by atoms with E-state index in [1.165, 1.54) is 0 Å². The van der Waals surface area contributed by atoms with E-state index in [0.717, 1.165) is 5.52 Å². The Morgan fingerprint density at radius 3 is 3.00 bits per heavy atom. The first-order valence-electron chi connectivity index (χ1n) is 5.23. The van der Waals surface area contributed by atoms with Crippen LogP contribution in [0.3, 0.4) is 0 Å². The topological polar surface area (TPSA) is 59.9 Å². The molecule has 3 aromatic rings. The maximum atomic E-state index is 12.3. The molecule has 2 heterocycles. The maximum absolute atomic E-state index is 12.3. The minimum atomic E-state index is -0.0346. The molecule has 3 rings (SSSR count). The number of benzene rings is 1. The van der Waals surface area contributed by atoms with Gasteiger partial charge in [-0.25, -0.2) is 0 Å². The van der Waals surface area contributed by atoms with Gasteiger partial charge in [-0.05, 0) is 12.1 Å².